The van der Waals surface area contributed by atoms with Crippen molar-refractivity contribution >= 4 is 33.7 Å². The van der Waals surface area contributed by atoms with E-state index < -0.39 is 0 Å². The lowest BCUT2D eigenvalue weighted by molar-refractivity contribution is 0.0748. The number of nitrogens with zero attached hydrogens (tertiary/aromatic N) is 6. The monoisotopic (exact) mass is 428 g/mol. The maximum atomic E-state index is 13.5. The number of aromatic nitrogens is 4. The van der Waals surface area contributed by atoms with Gasteiger partial charge in [0.25, 0.3) is 5.91 Å². The summed E-state index contributed by atoms with van der Waals surface area (Å²) in [6.07, 6.45) is 0. The van der Waals surface area contributed by atoms with E-state index in [1.165, 1.54) is 10.9 Å². The lowest BCUT2D eigenvalue weighted by Crippen LogP contribution is -2.49. The van der Waals surface area contributed by atoms with Crippen molar-refractivity contribution in [1.82, 2.24) is 24.6 Å². The molecule has 0 aliphatic carbocycles. The molecule has 1 saturated heterocycles. The molecule has 7 nitrogen and oxygen atoms in total. The van der Waals surface area contributed by atoms with Gasteiger partial charge in [-0.05, 0) is 51.5 Å². The van der Waals surface area contributed by atoms with Gasteiger partial charge in [-0.3, -0.25) is 4.79 Å². The number of fused-ring (bicyclic) bond motifs is 2. The first-order valence-electron chi connectivity index (χ1n) is 11.2. The number of hydrogen-bond donors (Lipinski definition) is 0. The molecule has 5 rings (SSSR count). The van der Waals surface area contributed by atoms with Crippen molar-refractivity contribution in [2.45, 2.75) is 34.2 Å². The van der Waals surface area contributed by atoms with Crippen LogP contribution in [0.25, 0.3) is 21.9 Å². The number of aryl methyl sites for hydroxylation is 4. The number of anilines is 1. The van der Waals surface area contributed by atoms with Crippen molar-refractivity contribution in [2.75, 3.05) is 31.1 Å². The van der Waals surface area contributed by atoms with E-state index in [9.17, 15) is 4.79 Å². The summed E-state index contributed by atoms with van der Waals surface area (Å²) in [7, 11) is 0. The van der Waals surface area contributed by atoms with E-state index in [4.69, 9.17) is 4.98 Å². The Morgan fingerprint density at radius 3 is 2.50 bits per heavy atom. The SMILES string of the molecule is CCn1nc(C)c2c(C(=O)N3CCN(c4cc(C)c5ccccc5n4)CC3)cc(C)nc21. The van der Waals surface area contributed by atoms with Crippen molar-refractivity contribution in [3.63, 3.8) is 0 Å². The van der Waals surface area contributed by atoms with Crippen LogP contribution < -0.4 is 4.90 Å². The molecule has 1 fully saturated rings. The standard InChI is InChI=1S/C25H28N6O/c1-5-31-24-23(18(4)28-31)20(15-17(3)26-24)25(32)30-12-10-29(11-13-30)22-14-16(2)19-8-6-7-9-21(19)27-22/h6-9,14-15H,5,10-13H2,1-4H3. The summed E-state index contributed by atoms with van der Waals surface area (Å²) < 4.78 is 1.88. The Bertz CT molecular complexity index is 1330. The van der Waals surface area contributed by atoms with Gasteiger partial charge in [0.05, 0.1) is 22.2 Å². The topological polar surface area (TPSA) is 67.2 Å². The lowest BCUT2D eigenvalue weighted by Gasteiger charge is -2.35. The van der Waals surface area contributed by atoms with E-state index in [1.54, 1.807) is 0 Å². The molecule has 0 unspecified atom stereocenters. The predicted molar refractivity (Wildman–Crippen MR) is 127 cm³/mol. The second-order valence-electron chi connectivity index (χ2n) is 8.50. The quantitative estimate of drug-likeness (QED) is 0.495. The molecule has 0 N–H and O–H groups in total. The van der Waals surface area contributed by atoms with Crippen LogP contribution in [0.2, 0.25) is 0 Å². The summed E-state index contributed by atoms with van der Waals surface area (Å²) in [5.41, 5.74) is 5.43. The first-order valence-corrected chi connectivity index (χ1v) is 11.2. The normalized spacial score (nSPS) is 14.5. The van der Waals surface area contributed by atoms with Crippen molar-refractivity contribution in [3.05, 3.63) is 58.9 Å². The predicted octanol–water partition coefficient (Wildman–Crippen LogP) is 3.89. The minimum atomic E-state index is 0.0570. The highest BCUT2D eigenvalue weighted by molar-refractivity contribution is 6.06. The summed E-state index contributed by atoms with van der Waals surface area (Å²) in [6, 6.07) is 12.3. The summed E-state index contributed by atoms with van der Waals surface area (Å²) in [6.45, 7) is 11.6. The molecule has 0 atom stereocenters. The molecule has 0 spiro atoms. The largest absolute Gasteiger partial charge is 0.353 e. The molecule has 0 radical (unpaired) electrons. The Hall–Kier alpha value is -3.48. The smallest absolute Gasteiger partial charge is 0.254 e. The maximum Gasteiger partial charge on any atom is 0.254 e. The van der Waals surface area contributed by atoms with E-state index >= 15 is 0 Å². The number of benzene rings is 1. The van der Waals surface area contributed by atoms with Crippen LogP contribution in [0, 0.1) is 20.8 Å². The zero-order chi connectivity index (χ0) is 22.4. The molecule has 3 aromatic heterocycles. The molecule has 1 aromatic carbocycles. The fraction of sp³-hybridized carbons (Fsp3) is 0.360. The molecule has 4 aromatic rings. The van der Waals surface area contributed by atoms with E-state index in [1.807, 2.05) is 48.6 Å². The van der Waals surface area contributed by atoms with Crippen LogP contribution in [0.15, 0.2) is 36.4 Å². The average molecular weight is 429 g/mol. The highest BCUT2D eigenvalue weighted by atomic mass is 16.2. The van der Waals surface area contributed by atoms with Gasteiger partial charge < -0.3 is 9.80 Å². The lowest BCUT2D eigenvalue weighted by atomic mass is 10.1. The Labute approximate surface area is 187 Å². The van der Waals surface area contributed by atoms with Crippen LogP contribution in [0.4, 0.5) is 5.82 Å². The zero-order valence-corrected chi connectivity index (χ0v) is 19.1. The molecule has 164 valence electrons. The number of piperazine rings is 1. The van der Waals surface area contributed by atoms with Crippen LogP contribution >= 0.6 is 0 Å². The van der Waals surface area contributed by atoms with Crippen molar-refractivity contribution in [2.24, 2.45) is 0 Å². The number of rotatable bonds is 3. The fourth-order valence-corrected chi connectivity index (χ4v) is 4.67. The summed E-state index contributed by atoms with van der Waals surface area (Å²) >= 11 is 0. The Morgan fingerprint density at radius 1 is 1.00 bits per heavy atom. The van der Waals surface area contributed by atoms with Gasteiger partial charge in [0.15, 0.2) is 5.65 Å². The van der Waals surface area contributed by atoms with Gasteiger partial charge in [0.1, 0.15) is 5.82 Å². The second kappa shape index (κ2) is 7.89. The number of hydrogen-bond acceptors (Lipinski definition) is 5. The molecule has 7 heteroatoms. The number of para-hydroxylation sites is 1. The molecule has 1 aliphatic rings. The maximum absolute atomic E-state index is 13.5. The van der Waals surface area contributed by atoms with Crippen LogP contribution in [-0.2, 0) is 6.54 Å². The highest BCUT2D eigenvalue weighted by Gasteiger charge is 2.26. The summed E-state index contributed by atoms with van der Waals surface area (Å²) in [4.78, 5) is 27.3. The van der Waals surface area contributed by atoms with Gasteiger partial charge >= 0.3 is 0 Å². The number of amides is 1. The first kappa shape index (κ1) is 20.4. The molecule has 32 heavy (non-hydrogen) atoms. The minimum Gasteiger partial charge on any atom is -0.353 e. The van der Waals surface area contributed by atoms with Gasteiger partial charge in [-0.15, -0.1) is 0 Å². The highest BCUT2D eigenvalue weighted by Crippen LogP contribution is 2.26. The van der Waals surface area contributed by atoms with Crippen LogP contribution in [-0.4, -0.2) is 56.7 Å². The number of pyridine rings is 2. The van der Waals surface area contributed by atoms with E-state index in [2.05, 4.69) is 40.1 Å². The Kier molecular flexibility index (Phi) is 5.04. The minimum absolute atomic E-state index is 0.0570. The third-order valence-electron chi connectivity index (χ3n) is 6.34. The number of carbonyl (C=O) groups excluding carboxylic acids is 1. The van der Waals surface area contributed by atoms with Crippen LogP contribution in [0.3, 0.4) is 0 Å². The van der Waals surface area contributed by atoms with E-state index in [-0.39, 0.29) is 5.91 Å². The van der Waals surface area contributed by atoms with Crippen molar-refractivity contribution < 1.29 is 4.79 Å². The van der Waals surface area contributed by atoms with Gasteiger partial charge in [-0.25, -0.2) is 14.6 Å². The summed E-state index contributed by atoms with van der Waals surface area (Å²) in [5, 5.41) is 6.65. The van der Waals surface area contributed by atoms with Crippen LogP contribution in [0.5, 0.6) is 0 Å². The van der Waals surface area contributed by atoms with Gasteiger partial charge in [0.2, 0.25) is 0 Å². The van der Waals surface area contributed by atoms with E-state index in [0.717, 1.165) is 53.4 Å². The van der Waals surface area contributed by atoms with Gasteiger partial charge in [0, 0.05) is 43.8 Å². The Balaban J connectivity index is 1.39. The third-order valence-corrected chi connectivity index (χ3v) is 6.34. The summed E-state index contributed by atoms with van der Waals surface area (Å²) in [5.74, 6) is 1.04. The molecule has 0 saturated carbocycles. The molecule has 0 bridgehead atoms. The van der Waals surface area contributed by atoms with Crippen molar-refractivity contribution in [3.8, 4) is 0 Å². The van der Waals surface area contributed by atoms with Crippen LogP contribution in [0.1, 0.15) is 34.2 Å². The van der Waals surface area contributed by atoms with Gasteiger partial charge in [-0.2, -0.15) is 5.10 Å². The average Bonchev–Trinajstić information content (AvgIpc) is 3.13. The molecular weight excluding hydrogens is 400 g/mol. The fourth-order valence-electron chi connectivity index (χ4n) is 4.67. The second-order valence-corrected chi connectivity index (χ2v) is 8.50. The first-order chi connectivity index (χ1) is 15.5. The molecule has 4 heterocycles. The molecule has 1 aliphatic heterocycles. The molecular formula is C25H28N6O. The van der Waals surface area contributed by atoms with E-state index in [0.29, 0.717) is 18.7 Å². The Morgan fingerprint density at radius 2 is 1.75 bits per heavy atom. The van der Waals surface area contributed by atoms with Crippen molar-refractivity contribution in [1.29, 1.82) is 0 Å². The number of carbonyl (C=O) groups is 1. The van der Waals surface area contributed by atoms with Gasteiger partial charge in [-0.1, -0.05) is 18.2 Å². The molecule has 1 amide bonds. The zero-order valence-electron chi connectivity index (χ0n) is 19.1. The third kappa shape index (κ3) is 3.38.